The zero-order valence-corrected chi connectivity index (χ0v) is 11.7. The van der Waals surface area contributed by atoms with Gasteiger partial charge in [-0.05, 0) is 48.2 Å². The van der Waals surface area contributed by atoms with Crippen LogP contribution in [0.15, 0.2) is 42.5 Å². The van der Waals surface area contributed by atoms with E-state index in [9.17, 15) is 4.39 Å². The van der Waals surface area contributed by atoms with Crippen molar-refractivity contribution in [1.29, 1.82) is 0 Å². The maximum Gasteiger partial charge on any atom is 0.146 e. The Balaban J connectivity index is 2.10. The van der Waals surface area contributed by atoms with Crippen molar-refractivity contribution in [2.75, 3.05) is 0 Å². The van der Waals surface area contributed by atoms with Crippen LogP contribution in [0.5, 0.6) is 11.5 Å². The highest BCUT2D eigenvalue weighted by atomic mass is 35.5. The van der Waals surface area contributed by atoms with E-state index in [1.54, 1.807) is 0 Å². The molecule has 0 radical (unpaired) electrons. The predicted octanol–water partition coefficient (Wildman–Crippen LogP) is 5.47. The molecule has 0 N–H and O–H groups in total. The molecule has 0 saturated heterocycles. The van der Waals surface area contributed by atoms with Crippen LogP contribution in [-0.2, 0) is 6.42 Å². The van der Waals surface area contributed by atoms with E-state index in [4.69, 9.17) is 16.3 Å². The van der Waals surface area contributed by atoms with Crippen molar-refractivity contribution in [2.45, 2.75) is 20.3 Å². The smallest absolute Gasteiger partial charge is 0.146 e. The molecule has 2 aromatic carbocycles. The molecule has 0 atom stereocenters. The van der Waals surface area contributed by atoms with Crippen molar-refractivity contribution in [1.82, 2.24) is 0 Å². The molecule has 0 aliphatic heterocycles. The molecule has 2 rings (SSSR count). The molecular weight excluding hydrogens is 263 g/mol. The second kappa shape index (κ2) is 6.07. The lowest BCUT2D eigenvalue weighted by Gasteiger charge is -2.09. The summed E-state index contributed by atoms with van der Waals surface area (Å²) in [4.78, 5) is 0. The monoisotopic (exact) mass is 278 g/mol. The molecule has 19 heavy (non-hydrogen) atoms. The lowest BCUT2D eigenvalue weighted by molar-refractivity contribution is 0.480. The molecule has 1 nitrogen and oxygen atoms in total. The van der Waals surface area contributed by atoms with Gasteiger partial charge < -0.3 is 4.74 Å². The van der Waals surface area contributed by atoms with Gasteiger partial charge in [0.25, 0.3) is 0 Å². The molecule has 0 fully saturated rings. The van der Waals surface area contributed by atoms with Gasteiger partial charge in [-0.15, -0.1) is 0 Å². The van der Waals surface area contributed by atoms with Crippen molar-refractivity contribution in [3.8, 4) is 11.5 Å². The maximum absolute atomic E-state index is 12.9. The van der Waals surface area contributed by atoms with Crippen LogP contribution in [0.3, 0.4) is 0 Å². The fourth-order valence-corrected chi connectivity index (χ4v) is 2.06. The van der Waals surface area contributed by atoms with E-state index in [0.29, 0.717) is 17.4 Å². The van der Waals surface area contributed by atoms with Gasteiger partial charge in [-0.25, -0.2) is 4.39 Å². The Morgan fingerprint density at radius 2 is 1.79 bits per heavy atom. The predicted molar refractivity (Wildman–Crippen MR) is 76.5 cm³/mol. The molecule has 0 unspecified atom stereocenters. The average Bonchev–Trinajstić information content (AvgIpc) is 2.34. The van der Waals surface area contributed by atoms with Crippen LogP contribution >= 0.6 is 11.6 Å². The highest BCUT2D eigenvalue weighted by molar-refractivity contribution is 6.32. The van der Waals surface area contributed by atoms with Crippen LogP contribution in [0.25, 0.3) is 0 Å². The molecule has 0 bridgehead atoms. The van der Waals surface area contributed by atoms with Crippen molar-refractivity contribution in [3.63, 3.8) is 0 Å². The summed E-state index contributed by atoms with van der Waals surface area (Å²) in [5.41, 5.74) is 1.27. The second-order valence-corrected chi connectivity index (χ2v) is 5.33. The van der Waals surface area contributed by atoms with Gasteiger partial charge in [0, 0.05) is 0 Å². The fraction of sp³-hybridized carbons (Fsp3) is 0.250. The Bertz CT molecular complexity index is 549. The van der Waals surface area contributed by atoms with E-state index in [1.165, 1.54) is 23.8 Å². The summed E-state index contributed by atoms with van der Waals surface area (Å²) >= 11 is 5.91. The quantitative estimate of drug-likeness (QED) is 0.720. The topological polar surface area (TPSA) is 9.23 Å². The SMILES string of the molecule is CC(C)Cc1ccc(Oc2ccc(F)cc2Cl)cc1. The maximum atomic E-state index is 12.9. The highest BCUT2D eigenvalue weighted by Gasteiger charge is 2.05. The molecule has 0 spiro atoms. The van der Waals surface area contributed by atoms with Crippen molar-refractivity contribution < 1.29 is 9.13 Å². The first-order valence-electron chi connectivity index (χ1n) is 6.26. The third-order valence-corrected chi connectivity index (χ3v) is 2.98. The van der Waals surface area contributed by atoms with Gasteiger partial charge in [0.2, 0.25) is 0 Å². The normalized spacial score (nSPS) is 10.8. The van der Waals surface area contributed by atoms with Crippen molar-refractivity contribution >= 4 is 11.6 Å². The minimum absolute atomic E-state index is 0.270. The summed E-state index contributed by atoms with van der Waals surface area (Å²) in [6, 6.07) is 12.0. The van der Waals surface area contributed by atoms with Crippen LogP contribution < -0.4 is 4.74 Å². The van der Waals surface area contributed by atoms with Crippen LogP contribution in [-0.4, -0.2) is 0 Å². The second-order valence-electron chi connectivity index (χ2n) is 4.92. The molecule has 0 amide bonds. The molecular formula is C16H16ClFO. The first-order valence-corrected chi connectivity index (χ1v) is 6.64. The largest absolute Gasteiger partial charge is 0.456 e. The minimum atomic E-state index is -0.371. The van der Waals surface area contributed by atoms with E-state index in [1.807, 2.05) is 24.3 Å². The first kappa shape index (κ1) is 13.9. The van der Waals surface area contributed by atoms with E-state index in [0.717, 1.165) is 6.42 Å². The molecule has 0 aliphatic carbocycles. The van der Waals surface area contributed by atoms with Gasteiger partial charge in [-0.1, -0.05) is 37.6 Å². The Kier molecular flexibility index (Phi) is 4.43. The van der Waals surface area contributed by atoms with Crippen LogP contribution in [0.2, 0.25) is 5.02 Å². The zero-order valence-electron chi connectivity index (χ0n) is 11.0. The molecule has 2 aromatic rings. The third kappa shape index (κ3) is 3.97. The number of ether oxygens (including phenoxy) is 1. The van der Waals surface area contributed by atoms with E-state index in [2.05, 4.69) is 13.8 Å². The molecule has 0 aromatic heterocycles. The van der Waals surface area contributed by atoms with Gasteiger partial charge in [0.1, 0.15) is 17.3 Å². The summed E-state index contributed by atoms with van der Waals surface area (Å²) in [6.07, 6.45) is 1.04. The van der Waals surface area contributed by atoms with Crippen molar-refractivity contribution in [3.05, 3.63) is 58.9 Å². The Hall–Kier alpha value is -1.54. The molecule has 0 saturated carbocycles. The summed E-state index contributed by atoms with van der Waals surface area (Å²) < 4.78 is 18.5. The Labute approximate surface area is 118 Å². The van der Waals surface area contributed by atoms with E-state index in [-0.39, 0.29) is 10.8 Å². The van der Waals surface area contributed by atoms with Gasteiger partial charge in [-0.2, -0.15) is 0 Å². The molecule has 0 heterocycles. The van der Waals surface area contributed by atoms with Crippen molar-refractivity contribution in [2.24, 2.45) is 5.92 Å². The molecule has 0 aliphatic rings. The van der Waals surface area contributed by atoms with Crippen LogP contribution in [0.1, 0.15) is 19.4 Å². The standard InChI is InChI=1S/C16H16ClFO/c1-11(2)9-12-3-6-14(7-4-12)19-16-8-5-13(18)10-15(16)17/h3-8,10-11H,9H2,1-2H3. The number of benzene rings is 2. The number of rotatable bonds is 4. The average molecular weight is 279 g/mol. The van der Waals surface area contributed by atoms with Gasteiger partial charge in [0.05, 0.1) is 5.02 Å². The van der Waals surface area contributed by atoms with E-state index >= 15 is 0 Å². The van der Waals surface area contributed by atoms with Crippen LogP contribution in [0, 0.1) is 11.7 Å². The fourth-order valence-electron chi connectivity index (χ4n) is 1.85. The lowest BCUT2D eigenvalue weighted by atomic mass is 10.0. The Morgan fingerprint density at radius 3 is 2.37 bits per heavy atom. The van der Waals surface area contributed by atoms with Gasteiger partial charge >= 0.3 is 0 Å². The minimum Gasteiger partial charge on any atom is -0.456 e. The summed E-state index contributed by atoms with van der Waals surface area (Å²) in [5.74, 6) is 1.41. The summed E-state index contributed by atoms with van der Waals surface area (Å²) in [6.45, 7) is 4.37. The van der Waals surface area contributed by atoms with Crippen LogP contribution in [0.4, 0.5) is 4.39 Å². The molecule has 3 heteroatoms. The number of halogens is 2. The summed E-state index contributed by atoms with van der Waals surface area (Å²) in [5, 5.41) is 0.270. The first-order chi connectivity index (χ1) is 9.04. The molecule has 100 valence electrons. The number of hydrogen-bond donors (Lipinski definition) is 0. The Morgan fingerprint density at radius 1 is 1.11 bits per heavy atom. The van der Waals surface area contributed by atoms with Gasteiger partial charge in [0.15, 0.2) is 0 Å². The lowest BCUT2D eigenvalue weighted by Crippen LogP contribution is -1.93. The van der Waals surface area contributed by atoms with E-state index < -0.39 is 0 Å². The number of hydrogen-bond acceptors (Lipinski definition) is 1. The highest BCUT2D eigenvalue weighted by Crippen LogP contribution is 2.30. The van der Waals surface area contributed by atoms with Gasteiger partial charge in [-0.3, -0.25) is 0 Å². The third-order valence-electron chi connectivity index (χ3n) is 2.69. The summed E-state index contributed by atoms with van der Waals surface area (Å²) in [7, 11) is 0. The zero-order chi connectivity index (χ0) is 13.8.